The van der Waals surface area contributed by atoms with Gasteiger partial charge in [-0.25, -0.2) is 0 Å². The molecule has 10 unspecified atom stereocenters. The van der Waals surface area contributed by atoms with Gasteiger partial charge in [-0.2, -0.15) is 0 Å². The molecule has 0 bridgehead atoms. The molecule has 0 aromatic carbocycles. The number of aliphatic hydroxyl groups is 1. The molecule has 0 aromatic rings. The molecule has 160 valence electrons. The maximum atomic E-state index is 11.3. The lowest BCUT2D eigenvalue weighted by Gasteiger charge is -2.60. The van der Waals surface area contributed by atoms with E-state index in [4.69, 9.17) is 0 Å². The third-order valence-electron chi connectivity index (χ3n) is 11.8. The van der Waals surface area contributed by atoms with Crippen molar-refractivity contribution in [2.24, 2.45) is 57.7 Å². The molecule has 0 aliphatic heterocycles. The molecule has 28 heavy (non-hydrogen) atoms. The summed E-state index contributed by atoms with van der Waals surface area (Å²) < 4.78 is 0. The van der Waals surface area contributed by atoms with Crippen LogP contribution in [-0.4, -0.2) is 11.2 Å². The predicted octanol–water partition coefficient (Wildman–Crippen LogP) is 7.08. The molecule has 0 amide bonds. The molecular weight excluding hydrogens is 340 g/mol. The molecular formula is C27H46O. The normalized spacial score (nSPS) is 55.4. The van der Waals surface area contributed by atoms with E-state index >= 15 is 0 Å². The number of aliphatic hydroxyl groups excluding tert-OH is 1. The number of fused-ring (bicyclic) bond motifs is 4. The second-order valence-electron chi connectivity index (χ2n) is 13.1. The first-order chi connectivity index (χ1) is 13.2. The van der Waals surface area contributed by atoms with Gasteiger partial charge in [0.15, 0.2) is 0 Å². The van der Waals surface area contributed by atoms with Crippen molar-refractivity contribution in [3.05, 3.63) is 0 Å². The molecule has 0 saturated heterocycles. The fraction of sp³-hybridized carbons (Fsp3) is 1.00. The highest BCUT2D eigenvalue weighted by Crippen LogP contribution is 2.81. The van der Waals surface area contributed by atoms with Crippen LogP contribution in [0.5, 0.6) is 0 Å². The Kier molecular flexibility index (Phi) is 4.60. The topological polar surface area (TPSA) is 20.2 Å². The molecule has 10 atom stereocenters. The fourth-order valence-corrected chi connectivity index (χ4v) is 10.3. The van der Waals surface area contributed by atoms with Gasteiger partial charge in [-0.05, 0) is 104 Å². The van der Waals surface area contributed by atoms with Crippen LogP contribution in [0.15, 0.2) is 0 Å². The van der Waals surface area contributed by atoms with E-state index in [1.807, 2.05) is 0 Å². The van der Waals surface area contributed by atoms with Crippen molar-refractivity contribution in [3.63, 3.8) is 0 Å². The van der Waals surface area contributed by atoms with Crippen LogP contribution in [-0.2, 0) is 0 Å². The van der Waals surface area contributed by atoms with Crippen molar-refractivity contribution in [2.75, 3.05) is 0 Å². The van der Waals surface area contributed by atoms with Crippen molar-refractivity contribution in [1.29, 1.82) is 0 Å². The number of rotatable bonds is 5. The van der Waals surface area contributed by atoms with Crippen LogP contribution in [0.3, 0.4) is 0 Å². The minimum Gasteiger partial charge on any atom is -0.393 e. The van der Waals surface area contributed by atoms with E-state index in [1.54, 1.807) is 0 Å². The summed E-state index contributed by atoms with van der Waals surface area (Å²) in [5.41, 5.74) is 1.37. The minimum atomic E-state index is 0.0103. The minimum absolute atomic E-state index is 0.0103. The molecule has 0 radical (unpaired) electrons. The zero-order valence-electron chi connectivity index (χ0n) is 19.3. The summed E-state index contributed by atoms with van der Waals surface area (Å²) in [6.07, 6.45) is 15.4. The van der Waals surface area contributed by atoms with Gasteiger partial charge in [-0.1, -0.05) is 53.9 Å². The summed E-state index contributed by atoms with van der Waals surface area (Å²) in [5, 5.41) is 11.3. The van der Waals surface area contributed by atoms with Gasteiger partial charge in [0, 0.05) is 5.41 Å². The van der Waals surface area contributed by atoms with E-state index in [1.165, 1.54) is 64.2 Å². The smallest absolute Gasteiger partial charge is 0.0607 e. The molecule has 5 rings (SSSR count). The highest BCUT2D eigenvalue weighted by Gasteiger charge is 2.77. The molecule has 1 nitrogen and oxygen atoms in total. The number of hydrogen-bond donors (Lipinski definition) is 1. The van der Waals surface area contributed by atoms with Gasteiger partial charge in [0.05, 0.1) is 6.10 Å². The SMILES string of the molecule is CC(C)CCCC(C)C1CCC2C3CC(O)C45CC4CCC5(C)C3CCC12C. The maximum absolute atomic E-state index is 11.3. The van der Waals surface area contributed by atoms with Crippen molar-refractivity contribution in [2.45, 2.75) is 111 Å². The van der Waals surface area contributed by atoms with Gasteiger partial charge in [-0.15, -0.1) is 0 Å². The Bertz CT molecular complexity index is 611. The highest BCUT2D eigenvalue weighted by atomic mass is 16.3. The molecule has 5 saturated carbocycles. The van der Waals surface area contributed by atoms with Crippen LogP contribution in [0.4, 0.5) is 0 Å². The number of hydrogen-bond acceptors (Lipinski definition) is 1. The van der Waals surface area contributed by atoms with Crippen molar-refractivity contribution in [3.8, 4) is 0 Å². The van der Waals surface area contributed by atoms with Gasteiger partial charge in [0.25, 0.3) is 0 Å². The first-order valence-corrected chi connectivity index (χ1v) is 12.9. The summed E-state index contributed by atoms with van der Waals surface area (Å²) >= 11 is 0. The summed E-state index contributed by atoms with van der Waals surface area (Å²) in [6, 6.07) is 0. The van der Waals surface area contributed by atoms with Crippen LogP contribution in [0.1, 0.15) is 105 Å². The van der Waals surface area contributed by atoms with Crippen LogP contribution in [0, 0.1) is 57.7 Å². The summed E-state index contributed by atoms with van der Waals surface area (Å²) in [5.74, 6) is 6.17. The molecule has 1 heteroatoms. The first-order valence-electron chi connectivity index (χ1n) is 12.9. The Morgan fingerprint density at radius 1 is 0.929 bits per heavy atom. The molecule has 1 spiro atoms. The third kappa shape index (κ3) is 2.47. The zero-order valence-corrected chi connectivity index (χ0v) is 19.3. The van der Waals surface area contributed by atoms with Gasteiger partial charge >= 0.3 is 0 Å². The predicted molar refractivity (Wildman–Crippen MR) is 117 cm³/mol. The lowest BCUT2D eigenvalue weighted by molar-refractivity contribution is -0.152. The average molecular weight is 387 g/mol. The Morgan fingerprint density at radius 2 is 1.71 bits per heavy atom. The fourth-order valence-electron chi connectivity index (χ4n) is 10.3. The lowest BCUT2D eigenvalue weighted by atomic mass is 9.45. The van der Waals surface area contributed by atoms with Gasteiger partial charge < -0.3 is 5.11 Å². The van der Waals surface area contributed by atoms with Crippen LogP contribution in [0.25, 0.3) is 0 Å². The van der Waals surface area contributed by atoms with Gasteiger partial charge in [0.1, 0.15) is 0 Å². The van der Waals surface area contributed by atoms with Crippen molar-refractivity contribution >= 4 is 0 Å². The molecule has 0 heterocycles. The summed E-state index contributed by atoms with van der Waals surface area (Å²) in [7, 11) is 0. The first kappa shape index (κ1) is 19.9. The van der Waals surface area contributed by atoms with E-state index in [-0.39, 0.29) is 6.10 Å². The van der Waals surface area contributed by atoms with E-state index in [2.05, 4.69) is 34.6 Å². The Labute approximate surface area is 174 Å². The van der Waals surface area contributed by atoms with Crippen LogP contribution < -0.4 is 0 Å². The Balaban J connectivity index is 1.34. The molecule has 0 aromatic heterocycles. The van der Waals surface area contributed by atoms with E-state index in [0.717, 1.165) is 47.8 Å². The Hall–Kier alpha value is -0.0400. The molecule has 5 fully saturated rings. The Morgan fingerprint density at radius 3 is 2.43 bits per heavy atom. The second-order valence-corrected chi connectivity index (χ2v) is 13.1. The highest BCUT2D eigenvalue weighted by molar-refractivity contribution is 5.25. The standard InChI is InChI=1S/C27H46O/c1-17(2)7-6-8-18(3)21-9-10-22-20-15-24(28)27-16-19(27)11-14-26(27,5)23(20)12-13-25(21,22)4/h17-24,28H,6-16H2,1-5H3. The van der Waals surface area contributed by atoms with Gasteiger partial charge in [-0.3, -0.25) is 0 Å². The van der Waals surface area contributed by atoms with E-state index < -0.39 is 0 Å². The van der Waals surface area contributed by atoms with Crippen molar-refractivity contribution < 1.29 is 5.11 Å². The summed E-state index contributed by atoms with van der Waals surface area (Å²) in [4.78, 5) is 0. The monoisotopic (exact) mass is 386 g/mol. The third-order valence-corrected chi connectivity index (χ3v) is 11.8. The molecule has 5 aliphatic rings. The largest absolute Gasteiger partial charge is 0.393 e. The van der Waals surface area contributed by atoms with Crippen LogP contribution >= 0.6 is 0 Å². The summed E-state index contributed by atoms with van der Waals surface area (Å²) in [6.45, 7) is 12.6. The van der Waals surface area contributed by atoms with E-state index in [0.29, 0.717) is 16.2 Å². The quantitative estimate of drug-likeness (QED) is 0.535. The molecule has 1 N–H and O–H groups in total. The van der Waals surface area contributed by atoms with Gasteiger partial charge in [0.2, 0.25) is 0 Å². The lowest BCUT2D eigenvalue weighted by Crippen LogP contribution is -2.56. The maximum Gasteiger partial charge on any atom is 0.0607 e. The second kappa shape index (κ2) is 6.48. The molecule has 5 aliphatic carbocycles. The average Bonchev–Trinajstić information content (AvgIpc) is 3.15. The van der Waals surface area contributed by atoms with Crippen LogP contribution in [0.2, 0.25) is 0 Å². The van der Waals surface area contributed by atoms with Crippen molar-refractivity contribution in [1.82, 2.24) is 0 Å². The zero-order chi connectivity index (χ0) is 19.9. The van der Waals surface area contributed by atoms with E-state index in [9.17, 15) is 5.11 Å².